The van der Waals surface area contributed by atoms with Crippen molar-refractivity contribution in [3.63, 3.8) is 0 Å². The van der Waals surface area contributed by atoms with Crippen LogP contribution in [0.25, 0.3) is 0 Å². The topological polar surface area (TPSA) is 51.5 Å². The Morgan fingerprint density at radius 3 is 2.53 bits per heavy atom. The first kappa shape index (κ1) is 12.5. The summed E-state index contributed by atoms with van der Waals surface area (Å²) in [5.41, 5.74) is 0. The second-order valence-corrected chi connectivity index (χ2v) is 4.90. The molecule has 0 spiro atoms. The molecule has 1 heterocycles. The monoisotopic (exact) mass is 229 g/mol. The molecule has 1 aliphatic rings. The number of thioether (sulfide) groups is 1. The largest absolute Gasteiger partial charge is 0.340 e. The van der Waals surface area contributed by atoms with Crippen LogP contribution < -0.4 is 5.32 Å². The molecule has 0 N–H and O–H groups in total. The van der Waals surface area contributed by atoms with E-state index in [2.05, 4.69) is 5.32 Å². The summed E-state index contributed by atoms with van der Waals surface area (Å²) in [7, 11) is 0. The van der Waals surface area contributed by atoms with Gasteiger partial charge in [-0.15, -0.1) is 0 Å². The van der Waals surface area contributed by atoms with Crippen LogP contribution in [-0.2, 0) is 9.59 Å². The molecule has 1 radical (unpaired) electrons. The molecule has 1 unspecified atom stereocenters. The van der Waals surface area contributed by atoms with E-state index in [0.717, 1.165) is 26.2 Å². The minimum absolute atomic E-state index is 0.0722. The normalized spacial score (nSPS) is 18.7. The van der Waals surface area contributed by atoms with Crippen LogP contribution in [0.1, 0.15) is 13.8 Å². The van der Waals surface area contributed by atoms with Crippen LogP contribution in [0, 0.1) is 5.92 Å². The molecule has 0 aromatic carbocycles. The number of carbonyl (C=O) groups is 2. The molecule has 0 aromatic heterocycles. The first-order chi connectivity index (χ1) is 7.11. The average molecular weight is 229 g/mol. The smallest absolute Gasteiger partial charge is 0.226 e. The second-order valence-electron chi connectivity index (χ2n) is 3.70. The van der Waals surface area contributed by atoms with Gasteiger partial charge in [-0.3, -0.25) is 9.59 Å². The zero-order valence-electron chi connectivity index (χ0n) is 9.23. The first-order valence-corrected chi connectivity index (χ1v) is 6.15. The van der Waals surface area contributed by atoms with Crippen LogP contribution in [0.3, 0.4) is 0 Å². The molecular weight excluding hydrogens is 212 g/mol. The van der Waals surface area contributed by atoms with Gasteiger partial charge in [0, 0.05) is 44.8 Å². The quantitative estimate of drug-likeness (QED) is 0.701. The zero-order valence-corrected chi connectivity index (χ0v) is 10.0. The van der Waals surface area contributed by atoms with Crippen molar-refractivity contribution in [2.45, 2.75) is 13.8 Å². The van der Waals surface area contributed by atoms with E-state index in [1.165, 1.54) is 18.7 Å². The molecule has 1 atom stereocenters. The van der Waals surface area contributed by atoms with E-state index in [4.69, 9.17) is 0 Å². The van der Waals surface area contributed by atoms with Gasteiger partial charge in [0.15, 0.2) is 5.12 Å². The van der Waals surface area contributed by atoms with E-state index >= 15 is 0 Å². The number of carbonyl (C=O) groups excluding carboxylic acids is 2. The third kappa shape index (κ3) is 4.22. The average Bonchev–Trinajstić information content (AvgIpc) is 2.26. The van der Waals surface area contributed by atoms with Gasteiger partial charge < -0.3 is 4.90 Å². The molecule has 1 amide bonds. The molecule has 85 valence electrons. The standard InChI is InChI=1S/C10H17N2O2S/c1-8(7-15-9(2)13)10(14)12-5-3-11-4-6-12/h8H,3-7H2,1-2H3. The Balaban J connectivity index is 2.33. The summed E-state index contributed by atoms with van der Waals surface area (Å²) < 4.78 is 0. The molecule has 1 fully saturated rings. The van der Waals surface area contributed by atoms with Crippen LogP contribution in [0.5, 0.6) is 0 Å². The minimum Gasteiger partial charge on any atom is -0.340 e. The molecule has 0 aromatic rings. The molecule has 15 heavy (non-hydrogen) atoms. The summed E-state index contributed by atoms with van der Waals surface area (Å²) in [4.78, 5) is 24.5. The van der Waals surface area contributed by atoms with E-state index in [1.54, 1.807) is 0 Å². The van der Waals surface area contributed by atoms with Crippen LogP contribution in [0.2, 0.25) is 0 Å². The van der Waals surface area contributed by atoms with Crippen molar-refractivity contribution < 1.29 is 9.59 Å². The van der Waals surface area contributed by atoms with E-state index in [1.807, 2.05) is 11.8 Å². The number of amides is 1. The summed E-state index contributed by atoms with van der Waals surface area (Å²) in [5.74, 6) is 0.664. The lowest BCUT2D eigenvalue weighted by atomic mass is 10.2. The van der Waals surface area contributed by atoms with Gasteiger partial charge in [0.1, 0.15) is 0 Å². The van der Waals surface area contributed by atoms with Crippen LogP contribution >= 0.6 is 11.8 Å². The fourth-order valence-corrected chi connectivity index (χ4v) is 2.08. The summed E-state index contributed by atoms with van der Waals surface area (Å²) in [6.07, 6.45) is 0. The maximum Gasteiger partial charge on any atom is 0.226 e. The van der Waals surface area contributed by atoms with Gasteiger partial charge in [0.25, 0.3) is 0 Å². The lowest BCUT2D eigenvalue weighted by Crippen LogP contribution is -2.46. The number of rotatable bonds is 3. The summed E-state index contributed by atoms with van der Waals surface area (Å²) >= 11 is 1.22. The van der Waals surface area contributed by atoms with Crippen LogP contribution in [-0.4, -0.2) is 47.9 Å². The predicted octanol–water partition coefficient (Wildman–Crippen LogP) is 0.349. The highest BCUT2D eigenvalue weighted by Crippen LogP contribution is 2.12. The fourth-order valence-electron chi connectivity index (χ4n) is 1.45. The molecule has 4 nitrogen and oxygen atoms in total. The SMILES string of the molecule is CC(=O)SCC(C)C(=O)N1CC[N]CC1. The van der Waals surface area contributed by atoms with Gasteiger partial charge in [0.05, 0.1) is 0 Å². The van der Waals surface area contributed by atoms with Crippen molar-refractivity contribution in [1.29, 1.82) is 0 Å². The third-order valence-electron chi connectivity index (χ3n) is 2.33. The summed E-state index contributed by atoms with van der Waals surface area (Å²) in [6, 6.07) is 0. The molecule has 1 rings (SSSR count). The van der Waals surface area contributed by atoms with Crippen molar-refractivity contribution >= 4 is 22.8 Å². The summed E-state index contributed by atoms with van der Waals surface area (Å²) in [5, 5.41) is 4.26. The Kier molecular flexibility index (Phi) is 5.11. The van der Waals surface area contributed by atoms with Crippen molar-refractivity contribution in [3.05, 3.63) is 0 Å². The van der Waals surface area contributed by atoms with Crippen molar-refractivity contribution in [3.8, 4) is 0 Å². The Hall–Kier alpha value is -0.550. The first-order valence-electron chi connectivity index (χ1n) is 5.16. The highest BCUT2D eigenvalue weighted by atomic mass is 32.2. The van der Waals surface area contributed by atoms with Gasteiger partial charge in [0.2, 0.25) is 5.91 Å². The molecule has 5 heteroatoms. The zero-order chi connectivity index (χ0) is 11.3. The molecule has 0 aliphatic carbocycles. The summed E-state index contributed by atoms with van der Waals surface area (Å²) in [6.45, 7) is 6.37. The van der Waals surface area contributed by atoms with E-state index in [0.29, 0.717) is 5.75 Å². The van der Waals surface area contributed by atoms with Gasteiger partial charge in [-0.1, -0.05) is 18.7 Å². The number of hydrogen-bond donors (Lipinski definition) is 0. The number of nitrogens with zero attached hydrogens (tertiary/aromatic N) is 2. The molecule has 0 bridgehead atoms. The van der Waals surface area contributed by atoms with Gasteiger partial charge in [-0.2, -0.15) is 0 Å². The predicted molar refractivity (Wildman–Crippen MR) is 60.8 cm³/mol. The minimum atomic E-state index is -0.0722. The van der Waals surface area contributed by atoms with Gasteiger partial charge in [-0.25, -0.2) is 5.32 Å². The van der Waals surface area contributed by atoms with Crippen molar-refractivity contribution in [2.24, 2.45) is 5.92 Å². The highest BCUT2D eigenvalue weighted by molar-refractivity contribution is 8.13. The Labute approximate surface area is 94.8 Å². The van der Waals surface area contributed by atoms with Gasteiger partial charge >= 0.3 is 0 Å². The van der Waals surface area contributed by atoms with Crippen LogP contribution in [0.15, 0.2) is 0 Å². The van der Waals surface area contributed by atoms with E-state index < -0.39 is 0 Å². The second kappa shape index (κ2) is 6.12. The lowest BCUT2D eigenvalue weighted by Gasteiger charge is -2.28. The number of hydrogen-bond acceptors (Lipinski definition) is 3. The molecule has 0 saturated carbocycles. The van der Waals surface area contributed by atoms with Crippen LogP contribution in [0.4, 0.5) is 0 Å². The van der Waals surface area contributed by atoms with E-state index in [9.17, 15) is 9.59 Å². The Morgan fingerprint density at radius 1 is 1.40 bits per heavy atom. The van der Waals surface area contributed by atoms with Crippen molar-refractivity contribution in [1.82, 2.24) is 10.2 Å². The molecule has 1 saturated heterocycles. The van der Waals surface area contributed by atoms with Gasteiger partial charge in [-0.05, 0) is 0 Å². The highest BCUT2D eigenvalue weighted by Gasteiger charge is 2.22. The Morgan fingerprint density at radius 2 is 2.00 bits per heavy atom. The van der Waals surface area contributed by atoms with E-state index in [-0.39, 0.29) is 16.9 Å². The third-order valence-corrected chi connectivity index (χ3v) is 3.40. The fraction of sp³-hybridized carbons (Fsp3) is 0.800. The van der Waals surface area contributed by atoms with Crippen molar-refractivity contribution in [2.75, 3.05) is 31.9 Å². The molecular formula is C10H17N2O2S. The lowest BCUT2D eigenvalue weighted by molar-refractivity contribution is -0.134. The maximum atomic E-state index is 11.9. The number of piperazine rings is 1. The Bertz CT molecular complexity index is 240. The molecule has 1 aliphatic heterocycles. The maximum absolute atomic E-state index is 11.9.